The largest absolute Gasteiger partial charge is 0.393 e. The number of hydrogen-bond donors (Lipinski definition) is 1. The molecule has 1 heteroatoms. The molecule has 0 aromatic carbocycles. The van der Waals surface area contributed by atoms with Crippen LogP contribution in [0.2, 0.25) is 0 Å². The molecule has 0 saturated heterocycles. The fourth-order valence-electron chi connectivity index (χ4n) is 6.16. The zero-order valence-electron chi connectivity index (χ0n) is 6.35. The highest BCUT2D eigenvalue weighted by molar-refractivity contribution is 5.33. The topological polar surface area (TPSA) is 20.2 Å². The van der Waals surface area contributed by atoms with E-state index in [9.17, 15) is 5.11 Å². The quantitative estimate of drug-likeness (QED) is 0.537. The van der Waals surface area contributed by atoms with Crippen LogP contribution in [-0.4, -0.2) is 11.2 Å². The van der Waals surface area contributed by atoms with Crippen molar-refractivity contribution in [3.8, 4) is 0 Å². The van der Waals surface area contributed by atoms with Crippen molar-refractivity contribution in [1.82, 2.24) is 0 Å². The second kappa shape index (κ2) is 1.02. The molecular formula is C10H12O. The molecule has 11 heavy (non-hydrogen) atoms. The first kappa shape index (κ1) is 4.86. The van der Waals surface area contributed by atoms with Crippen molar-refractivity contribution in [2.75, 3.05) is 0 Å². The predicted octanol–water partition coefficient (Wildman–Crippen LogP) is 0.735. The van der Waals surface area contributed by atoms with Gasteiger partial charge in [0.05, 0.1) is 6.10 Å². The normalized spacial score (nSPS) is 90.8. The zero-order chi connectivity index (χ0) is 6.90. The fourth-order valence-corrected chi connectivity index (χ4v) is 6.16. The maximum absolute atomic E-state index is 9.87. The van der Waals surface area contributed by atoms with Gasteiger partial charge in [-0.25, -0.2) is 0 Å². The third kappa shape index (κ3) is 0.234. The summed E-state index contributed by atoms with van der Waals surface area (Å²) in [7, 11) is 0. The van der Waals surface area contributed by atoms with Crippen molar-refractivity contribution in [2.45, 2.75) is 12.5 Å². The highest BCUT2D eigenvalue weighted by Gasteiger charge is 2.86. The van der Waals surface area contributed by atoms with Gasteiger partial charge in [-0.15, -0.1) is 0 Å². The summed E-state index contributed by atoms with van der Waals surface area (Å²) in [5.74, 6) is 7.91. The first-order valence-electron chi connectivity index (χ1n) is 5.07. The molecule has 4 unspecified atom stereocenters. The smallest absolute Gasteiger partial charge is 0.0607 e. The lowest BCUT2D eigenvalue weighted by Gasteiger charge is -2.59. The Kier molecular flexibility index (Phi) is 0.452. The highest BCUT2D eigenvalue weighted by Crippen LogP contribution is 2.88. The van der Waals surface area contributed by atoms with E-state index in [0.29, 0.717) is 0 Å². The minimum Gasteiger partial charge on any atom is -0.393 e. The molecule has 0 aromatic rings. The van der Waals surface area contributed by atoms with Gasteiger partial charge in [0.25, 0.3) is 0 Å². The molecule has 58 valence electrons. The molecule has 0 spiro atoms. The van der Waals surface area contributed by atoms with Crippen LogP contribution in [0.4, 0.5) is 0 Å². The van der Waals surface area contributed by atoms with Gasteiger partial charge in [0.2, 0.25) is 0 Å². The lowest BCUT2D eigenvalue weighted by molar-refractivity contribution is -0.127. The molecule has 6 fully saturated rings. The molecule has 6 rings (SSSR count). The SMILES string of the molecule is OC1C2C3C4CC5C3C1C5C42. The summed E-state index contributed by atoms with van der Waals surface area (Å²) >= 11 is 0. The van der Waals surface area contributed by atoms with E-state index >= 15 is 0 Å². The molecular weight excluding hydrogens is 136 g/mol. The molecule has 0 radical (unpaired) electrons. The summed E-state index contributed by atoms with van der Waals surface area (Å²) in [6.07, 6.45) is 1.72. The van der Waals surface area contributed by atoms with Gasteiger partial charge >= 0.3 is 0 Å². The highest BCUT2D eigenvalue weighted by atomic mass is 16.3. The van der Waals surface area contributed by atoms with E-state index < -0.39 is 0 Å². The van der Waals surface area contributed by atoms with E-state index in [4.69, 9.17) is 0 Å². The predicted molar refractivity (Wildman–Crippen MR) is 38.5 cm³/mol. The number of aliphatic hydroxyl groups is 1. The summed E-state index contributed by atoms with van der Waals surface area (Å²) in [5, 5.41) is 9.87. The van der Waals surface area contributed by atoms with Crippen LogP contribution < -0.4 is 0 Å². The summed E-state index contributed by atoms with van der Waals surface area (Å²) in [5.41, 5.74) is 0. The van der Waals surface area contributed by atoms with Gasteiger partial charge in [-0.2, -0.15) is 0 Å². The summed E-state index contributed by atoms with van der Waals surface area (Å²) in [6.45, 7) is 0. The van der Waals surface area contributed by atoms with Crippen molar-refractivity contribution >= 4 is 0 Å². The lowest BCUT2D eigenvalue weighted by atomic mass is 9.45. The van der Waals surface area contributed by atoms with Gasteiger partial charge in [-0.05, 0) is 53.8 Å². The molecule has 4 bridgehead atoms. The van der Waals surface area contributed by atoms with E-state index in [1.807, 2.05) is 0 Å². The van der Waals surface area contributed by atoms with E-state index in [0.717, 1.165) is 47.3 Å². The van der Waals surface area contributed by atoms with E-state index in [1.165, 1.54) is 0 Å². The first-order chi connectivity index (χ1) is 5.39. The fraction of sp³-hybridized carbons (Fsp3) is 1.00. The third-order valence-electron chi connectivity index (χ3n) is 5.98. The molecule has 0 aliphatic heterocycles. The zero-order valence-corrected chi connectivity index (χ0v) is 6.35. The summed E-state index contributed by atoms with van der Waals surface area (Å²) < 4.78 is 0. The van der Waals surface area contributed by atoms with Gasteiger partial charge < -0.3 is 5.11 Å². The Labute approximate surface area is 65.8 Å². The minimum atomic E-state index is 0.160. The summed E-state index contributed by atoms with van der Waals surface area (Å²) in [6, 6.07) is 0. The van der Waals surface area contributed by atoms with Gasteiger partial charge in [0, 0.05) is 0 Å². The minimum absolute atomic E-state index is 0.160. The van der Waals surface area contributed by atoms with Crippen LogP contribution in [-0.2, 0) is 0 Å². The maximum Gasteiger partial charge on any atom is 0.0607 e. The van der Waals surface area contributed by atoms with Crippen LogP contribution in [0.15, 0.2) is 0 Å². The van der Waals surface area contributed by atoms with E-state index in [-0.39, 0.29) is 6.10 Å². The van der Waals surface area contributed by atoms with Gasteiger partial charge in [0.1, 0.15) is 0 Å². The standard InChI is InChI=1S/C10H12O/c11-10-8-4-2-1-3-6(4)9(10)7(3)5(2)8/h2-11H,1H2. The Morgan fingerprint density at radius 1 is 0.727 bits per heavy atom. The molecule has 0 amide bonds. The van der Waals surface area contributed by atoms with Gasteiger partial charge in [-0.1, -0.05) is 0 Å². The third-order valence-corrected chi connectivity index (χ3v) is 5.98. The molecule has 0 heterocycles. The molecule has 0 aromatic heterocycles. The van der Waals surface area contributed by atoms with Crippen molar-refractivity contribution in [3.05, 3.63) is 0 Å². The van der Waals surface area contributed by atoms with Crippen molar-refractivity contribution in [1.29, 1.82) is 0 Å². The maximum atomic E-state index is 9.87. The summed E-state index contributed by atoms with van der Waals surface area (Å²) in [4.78, 5) is 0. The molecule has 6 aliphatic rings. The second-order valence-corrected chi connectivity index (χ2v) is 5.52. The second-order valence-electron chi connectivity index (χ2n) is 5.52. The van der Waals surface area contributed by atoms with Crippen molar-refractivity contribution < 1.29 is 5.11 Å². The average Bonchev–Trinajstić information content (AvgIpc) is 2.46. The van der Waals surface area contributed by atoms with Gasteiger partial charge in [0.15, 0.2) is 0 Å². The van der Waals surface area contributed by atoms with Gasteiger partial charge in [-0.3, -0.25) is 0 Å². The Balaban J connectivity index is 1.86. The molecule has 1 nitrogen and oxygen atoms in total. The number of aliphatic hydroxyl groups excluding tert-OH is 1. The van der Waals surface area contributed by atoms with Crippen molar-refractivity contribution in [2.24, 2.45) is 47.3 Å². The van der Waals surface area contributed by atoms with Crippen LogP contribution in [0, 0.1) is 47.3 Å². The van der Waals surface area contributed by atoms with E-state index in [2.05, 4.69) is 0 Å². The molecule has 6 saturated carbocycles. The number of hydrogen-bond acceptors (Lipinski definition) is 1. The number of rotatable bonds is 0. The lowest BCUT2D eigenvalue weighted by Crippen LogP contribution is -2.56. The Morgan fingerprint density at radius 2 is 1.18 bits per heavy atom. The monoisotopic (exact) mass is 148 g/mol. The van der Waals surface area contributed by atoms with Crippen LogP contribution in [0.5, 0.6) is 0 Å². The van der Waals surface area contributed by atoms with Crippen LogP contribution in [0.3, 0.4) is 0 Å². The Morgan fingerprint density at radius 3 is 1.64 bits per heavy atom. The molecule has 4 atom stereocenters. The van der Waals surface area contributed by atoms with Crippen molar-refractivity contribution in [3.63, 3.8) is 0 Å². The molecule has 6 aliphatic carbocycles. The average molecular weight is 148 g/mol. The van der Waals surface area contributed by atoms with E-state index in [1.54, 1.807) is 6.42 Å². The van der Waals surface area contributed by atoms with Crippen LogP contribution in [0.1, 0.15) is 6.42 Å². The first-order valence-corrected chi connectivity index (χ1v) is 5.07. The van der Waals surface area contributed by atoms with Crippen LogP contribution >= 0.6 is 0 Å². The Bertz CT molecular complexity index is 201. The van der Waals surface area contributed by atoms with Crippen LogP contribution in [0.25, 0.3) is 0 Å². The Hall–Kier alpha value is -0.0400. The molecule has 1 N–H and O–H groups in total.